The van der Waals surface area contributed by atoms with E-state index in [2.05, 4.69) is 31.2 Å². The van der Waals surface area contributed by atoms with Gasteiger partial charge >= 0.3 is 6.09 Å². The number of hydrogen-bond acceptors (Lipinski definition) is 4. The van der Waals surface area contributed by atoms with Gasteiger partial charge in [0.15, 0.2) is 0 Å². The molecule has 0 spiro atoms. The average molecular weight is 549 g/mol. The molecule has 206 valence electrons. The van der Waals surface area contributed by atoms with Crippen molar-refractivity contribution < 1.29 is 14.3 Å². The Morgan fingerprint density at radius 1 is 0.974 bits per heavy atom. The molecule has 0 saturated carbocycles. The van der Waals surface area contributed by atoms with Crippen LogP contribution in [-0.4, -0.2) is 63.4 Å². The topological polar surface area (TPSA) is 67.7 Å². The number of amides is 2. The van der Waals surface area contributed by atoms with Gasteiger partial charge in [-0.15, -0.1) is 0 Å². The molecule has 5 rings (SSSR count). The van der Waals surface area contributed by atoms with Gasteiger partial charge in [-0.2, -0.15) is 5.10 Å². The summed E-state index contributed by atoms with van der Waals surface area (Å²) in [4.78, 5) is 30.4. The van der Waals surface area contributed by atoms with Gasteiger partial charge in [0.2, 0.25) is 0 Å². The van der Waals surface area contributed by atoms with E-state index in [4.69, 9.17) is 21.4 Å². The second kappa shape index (κ2) is 10.7. The van der Waals surface area contributed by atoms with E-state index in [1.165, 1.54) is 5.56 Å². The van der Waals surface area contributed by atoms with Crippen molar-refractivity contribution in [1.29, 1.82) is 0 Å². The predicted molar refractivity (Wildman–Crippen MR) is 153 cm³/mol. The quantitative estimate of drug-likeness (QED) is 0.376. The van der Waals surface area contributed by atoms with Crippen molar-refractivity contribution in [3.63, 3.8) is 0 Å². The number of benzene rings is 2. The lowest BCUT2D eigenvalue weighted by atomic mass is 9.82. The van der Waals surface area contributed by atoms with Crippen LogP contribution in [-0.2, 0) is 10.2 Å². The second-order valence-electron chi connectivity index (χ2n) is 12.0. The fourth-order valence-corrected chi connectivity index (χ4v) is 5.87. The Bertz CT molecular complexity index is 1320. The summed E-state index contributed by atoms with van der Waals surface area (Å²) in [5.74, 6) is 0.0865. The number of rotatable bonds is 4. The smallest absolute Gasteiger partial charge is 0.410 e. The number of carbonyl (C=O) groups excluding carboxylic acids is 2. The molecule has 1 atom stereocenters. The van der Waals surface area contributed by atoms with E-state index >= 15 is 0 Å². The van der Waals surface area contributed by atoms with Crippen molar-refractivity contribution >= 4 is 23.6 Å². The number of hydrogen-bond donors (Lipinski definition) is 0. The van der Waals surface area contributed by atoms with Crippen molar-refractivity contribution in [2.75, 3.05) is 26.2 Å². The number of aromatic nitrogens is 2. The first kappa shape index (κ1) is 27.3. The minimum absolute atomic E-state index is 0.0134. The van der Waals surface area contributed by atoms with Gasteiger partial charge in [-0.25, -0.2) is 9.48 Å². The van der Waals surface area contributed by atoms with E-state index in [1.807, 2.05) is 60.7 Å². The highest BCUT2D eigenvalue weighted by Gasteiger charge is 2.40. The second-order valence-corrected chi connectivity index (χ2v) is 12.4. The van der Waals surface area contributed by atoms with E-state index < -0.39 is 5.60 Å². The molecule has 2 aromatic carbocycles. The number of likely N-dealkylation sites (tertiary alicyclic amines) is 2. The Labute approximate surface area is 235 Å². The first-order chi connectivity index (χ1) is 18.5. The number of ether oxygens (including phenoxy) is 1. The summed E-state index contributed by atoms with van der Waals surface area (Å²) in [5.41, 5.74) is 3.04. The SMILES string of the molecule is CC(C)(C)OC(=O)N1CCC(c2c(C(=O)N3CCC(C)(c4ccccc4)C3)cnn2-c2ccc(Cl)cc2)CC1. The predicted octanol–water partition coefficient (Wildman–Crippen LogP) is 6.44. The van der Waals surface area contributed by atoms with Crippen molar-refractivity contribution in [2.24, 2.45) is 0 Å². The molecule has 2 aliphatic heterocycles. The lowest BCUT2D eigenvalue weighted by molar-refractivity contribution is 0.0203. The third-order valence-electron chi connectivity index (χ3n) is 7.87. The van der Waals surface area contributed by atoms with Crippen LogP contribution in [0.1, 0.15) is 74.5 Å². The van der Waals surface area contributed by atoms with Crippen LogP contribution in [0, 0.1) is 0 Å². The van der Waals surface area contributed by atoms with Crippen molar-refractivity contribution in [3.8, 4) is 5.69 Å². The van der Waals surface area contributed by atoms with Gasteiger partial charge in [0.05, 0.1) is 23.1 Å². The molecule has 3 heterocycles. The zero-order chi connectivity index (χ0) is 27.8. The molecule has 2 amide bonds. The highest BCUT2D eigenvalue weighted by molar-refractivity contribution is 6.30. The van der Waals surface area contributed by atoms with Gasteiger partial charge in [-0.1, -0.05) is 48.9 Å². The molecule has 0 radical (unpaired) electrons. The van der Waals surface area contributed by atoms with Crippen LogP contribution in [0.5, 0.6) is 0 Å². The Morgan fingerprint density at radius 3 is 2.28 bits per heavy atom. The van der Waals surface area contributed by atoms with Crippen molar-refractivity contribution in [1.82, 2.24) is 19.6 Å². The maximum Gasteiger partial charge on any atom is 0.410 e. The summed E-state index contributed by atoms with van der Waals surface area (Å²) >= 11 is 6.16. The largest absolute Gasteiger partial charge is 0.444 e. The van der Waals surface area contributed by atoms with E-state index in [0.29, 0.717) is 36.8 Å². The summed E-state index contributed by atoms with van der Waals surface area (Å²) < 4.78 is 7.47. The Balaban J connectivity index is 1.41. The van der Waals surface area contributed by atoms with Crippen LogP contribution in [0.15, 0.2) is 60.8 Å². The summed E-state index contributed by atoms with van der Waals surface area (Å²) in [7, 11) is 0. The average Bonchev–Trinajstić information content (AvgIpc) is 3.54. The van der Waals surface area contributed by atoms with Gasteiger partial charge in [-0.05, 0) is 69.9 Å². The molecule has 0 N–H and O–H groups in total. The number of nitrogens with zero attached hydrogens (tertiary/aromatic N) is 4. The zero-order valence-electron chi connectivity index (χ0n) is 23.2. The molecule has 0 aliphatic carbocycles. The third kappa shape index (κ3) is 5.83. The van der Waals surface area contributed by atoms with Crippen LogP contribution < -0.4 is 0 Å². The van der Waals surface area contributed by atoms with Crippen molar-refractivity contribution in [3.05, 3.63) is 82.6 Å². The van der Waals surface area contributed by atoms with Gasteiger partial charge in [-0.3, -0.25) is 4.79 Å². The standard InChI is InChI=1S/C31H37ClN4O3/c1-30(2,3)39-29(38)34-17-14-22(15-18-34)27-26(20-33-36(27)25-12-10-24(32)11-13-25)28(37)35-19-16-31(4,21-35)23-8-6-5-7-9-23/h5-13,20,22H,14-19,21H2,1-4H3. The monoisotopic (exact) mass is 548 g/mol. The zero-order valence-corrected chi connectivity index (χ0v) is 23.9. The van der Waals surface area contributed by atoms with Crippen molar-refractivity contribution in [2.45, 2.75) is 63.9 Å². The molecule has 39 heavy (non-hydrogen) atoms. The molecule has 1 unspecified atom stereocenters. The van der Waals surface area contributed by atoms with Crippen LogP contribution in [0.4, 0.5) is 4.79 Å². The molecule has 1 aromatic heterocycles. The van der Waals surface area contributed by atoms with E-state index in [1.54, 1.807) is 11.1 Å². The molecule has 8 heteroatoms. The highest BCUT2D eigenvalue weighted by atomic mass is 35.5. The molecular formula is C31H37ClN4O3. The minimum atomic E-state index is -0.537. The van der Waals surface area contributed by atoms with Crippen LogP contribution >= 0.6 is 11.6 Å². The summed E-state index contributed by atoms with van der Waals surface area (Å²) in [6.07, 6.45) is 3.78. The molecule has 3 aromatic rings. The van der Waals surface area contributed by atoms with Gasteiger partial charge < -0.3 is 14.5 Å². The van der Waals surface area contributed by atoms with Crippen LogP contribution in [0.3, 0.4) is 0 Å². The fraction of sp³-hybridized carbons (Fsp3) is 0.452. The maximum atomic E-state index is 14.0. The van der Waals surface area contributed by atoms with Crippen LogP contribution in [0.2, 0.25) is 5.02 Å². The normalized spacial score (nSPS) is 20.3. The lowest BCUT2D eigenvalue weighted by Crippen LogP contribution is -2.41. The highest BCUT2D eigenvalue weighted by Crippen LogP contribution is 2.37. The van der Waals surface area contributed by atoms with Crippen LogP contribution in [0.25, 0.3) is 5.69 Å². The number of carbonyl (C=O) groups is 2. The molecule has 7 nitrogen and oxygen atoms in total. The molecule has 2 saturated heterocycles. The lowest BCUT2D eigenvalue weighted by Gasteiger charge is -2.34. The van der Waals surface area contributed by atoms with E-state index in [0.717, 1.165) is 30.6 Å². The molecule has 2 fully saturated rings. The van der Waals surface area contributed by atoms with Gasteiger partial charge in [0.1, 0.15) is 5.60 Å². The summed E-state index contributed by atoms with van der Waals surface area (Å²) in [5, 5.41) is 5.35. The Morgan fingerprint density at radius 2 is 1.64 bits per heavy atom. The maximum absolute atomic E-state index is 14.0. The van der Waals surface area contributed by atoms with E-state index in [9.17, 15) is 9.59 Å². The van der Waals surface area contributed by atoms with Gasteiger partial charge in [0.25, 0.3) is 5.91 Å². The third-order valence-corrected chi connectivity index (χ3v) is 8.12. The minimum Gasteiger partial charge on any atom is -0.444 e. The fourth-order valence-electron chi connectivity index (χ4n) is 5.75. The molecular weight excluding hydrogens is 512 g/mol. The summed E-state index contributed by atoms with van der Waals surface area (Å²) in [6.45, 7) is 10.4. The number of piperidine rings is 1. The first-order valence-corrected chi connectivity index (χ1v) is 14.1. The first-order valence-electron chi connectivity index (χ1n) is 13.7. The van der Waals surface area contributed by atoms with Gasteiger partial charge in [0, 0.05) is 42.5 Å². The molecule has 2 aliphatic rings. The summed E-state index contributed by atoms with van der Waals surface area (Å²) in [6, 6.07) is 18.0. The Hall–Kier alpha value is -3.32. The van der Waals surface area contributed by atoms with E-state index in [-0.39, 0.29) is 23.3 Å². The molecule has 0 bridgehead atoms. The number of halogens is 1. The Kier molecular flexibility index (Phi) is 7.47.